The Morgan fingerprint density at radius 1 is 1.14 bits per heavy atom. The minimum Gasteiger partial charge on any atom is -0.493 e. The Bertz CT molecular complexity index is 564. The number of hydrogen-bond acceptors (Lipinski definition) is 5. The lowest BCUT2D eigenvalue weighted by Crippen LogP contribution is -2.32. The van der Waals surface area contributed by atoms with E-state index in [1.54, 1.807) is 14.2 Å². The number of benzene rings is 1. The quantitative estimate of drug-likeness (QED) is 0.880. The highest BCUT2D eigenvalue weighted by atomic mass is 16.5. The molecule has 0 bridgehead atoms. The van der Waals surface area contributed by atoms with Crippen LogP contribution in [0.25, 0.3) is 11.0 Å². The summed E-state index contributed by atoms with van der Waals surface area (Å²) in [5, 5.41) is 3.33. The van der Waals surface area contributed by atoms with Crippen LogP contribution in [0.2, 0.25) is 0 Å². The molecule has 114 valence electrons. The van der Waals surface area contributed by atoms with E-state index in [0.717, 1.165) is 42.8 Å². The number of rotatable bonds is 5. The third-order valence-electron chi connectivity index (χ3n) is 3.78. The largest absolute Gasteiger partial charge is 0.493 e. The fourth-order valence-electron chi connectivity index (χ4n) is 2.62. The van der Waals surface area contributed by atoms with Crippen LogP contribution in [0.4, 0.5) is 0 Å². The summed E-state index contributed by atoms with van der Waals surface area (Å²) in [6, 6.07) is 3.77. The molecule has 0 aliphatic carbocycles. The van der Waals surface area contributed by atoms with E-state index in [4.69, 9.17) is 14.2 Å². The number of hydrogen-bond donors (Lipinski definition) is 2. The number of ether oxygens (including phenoxy) is 3. The third kappa shape index (κ3) is 3.11. The Balaban J connectivity index is 1.74. The van der Waals surface area contributed by atoms with Gasteiger partial charge >= 0.3 is 0 Å². The summed E-state index contributed by atoms with van der Waals surface area (Å²) in [7, 11) is 3.25. The van der Waals surface area contributed by atoms with Gasteiger partial charge in [-0.15, -0.1) is 0 Å². The van der Waals surface area contributed by atoms with Crippen molar-refractivity contribution in [2.24, 2.45) is 0 Å². The van der Waals surface area contributed by atoms with E-state index in [1.165, 1.54) is 0 Å². The Morgan fingerprint density at radius 3 is 2.57 bits per heavy atom. The Kier molecular flexibility index (Phi) is 4.26. The number of aromatic amines is 1. The maximum atomic E-state index is 5.92. The second kappa shape index (κ2) is 6.32. The van der Waals surface area contributed by atoms with Gasteiger partial charge in [-0.2, -0.15) is 0 Å². The van der Waals surface area contributed by atoms with Crippen LogP contribution in [0.5, 0.6) is 11.5 Å². The summed E-state index contributed by atoms with van der Waals surface area (Å²) in [4.78, 5) is 7.82. The smallest absolute Gasteiger partial charge is 0.163 e. The number of nitrogens with one attached hydrogen (secondary N) is 2. The molecule has 1 saturated heterocycles. The molecule has 1 fully saturated rings. The van der Waals surface area contributed by atoms with Gasteiger partial charge in [0.1, 0.15) is 12.4 Å². The van der Waals surface area contributed by atoms with Crippen molar-refractivity contribution >= 4 is 11.0 Å². The minimum absolute atomic E-state index is 0.323. The zero-order valence-electron chi connectivity index (χ0n) is 12.4. The van der Waals surface area contributed by atoms with Crippen LogP contribution in [-0.2, 0) is 11.3 Å². The van der Waals surface area contributed by atoms with E-state index < -0.39 is 0 Å². The maximum Gasteiger partial charge on any atom is 0.163 e. The molecule has 1 aromatic carbocycles. The Hall–Kier alpha value is -1.79. The van der Waals surface area contributed by atoms with Crippen LogP contribution in [0.1, 0.15) is 18.7 Å². The Morgan fingerprint density at radius 2 is 1.86 bits per heavy atom. The van der Waals surface area contributed by atoms with E-state index in [0.29, 0.717) is 24.2 Å². The van der Waals surface area contributed by atoms with Crippen molar-refractivity contribution in [2.45, 2.75) is 25.6 Å². The van der Waals surface area contributed by atoms with Crippen molar-refractivity contribution in [3.8, 4) is 11.5 Å². The molecule has 2 aromatic rings. The number of fused-ring (bicyclic) bond motifs is 1. The van der Waals surface area contributed by atoms with Gasteiger partial charge in [-0.25, -0.2) is 4.98 Å². The van der Waals surface area contributed by atoms with Gasteiger partial charge in [-0.05, 0) is 25.9 Å². The predicted molar refractivity (Wildman–Crippen MR) is 79.9 cm³/mol. The molecule has 0 saturated carbocycles. The first-order valence-electron chi connectivity index (χ1n) is 7.23. The van der Waals surface area contributed by atoms with E-state index in [1.807, 2.05) is 12.1 Å². The Labute approximate surface area is 123 Å². The molecule has 1 aliphatic rings. The molecule has 1 aromatic heterocycles. The molecule has 1 aliphatic heterocycles. The van der Waals surface area contributed by atoms with Crippen LogP contribution in [-0.4, -0.2) is 43.4 Å². The summed E-state index contributed by atoms with van der Waals surface area (Å²) in [5.74, 6) is 2.21. The molecule has 0 amide bonds. The summed E-state index contributed by atoms with van der Waals surface area (Å²) >= 11 is 0. The van der Waals surface area contributed by atoms with Crippen LogP contribution < -0.4 is 14.8 Å². The lowest BCUT2D eigenvalue weighted by molar-refractivity contribution is 0.0182. The van der Waals surface area contributed by atoms with Crippen molar-refractivity contribution in [1.29, 1.82) is 0 Å². The predicted octanol–water partition coefficient (Wildman–Crippen LogP) is 1.85. The normalized spacial score (nSPS) is 16.3. The molecule has 2 heterocycles. The fourth-order valence-corrected chi connectivity index (χ4v) is 2.62. The van der Waals surface area contributed by atoms with Gasteiger partial charge in [0.2, 0.25) is 0 Å². The van der Waals surface area contributed by atoms with Gasteiger partial charge in [-0.3, -0.25) is 0 Å². The van der Waals surface area contributed by atoms with Crippen molar-refractivity contribution < 1.29 is 14.2 Å². The number of piperidine rings is 1. The molecule has 0 unspecified atom stereocenters. The van der Waals surface area contributed by atoms with Gasteiger partial charge < -0.3 is 24.5 Å². The van der Waals surface area contributed by atoms with Crippen molar-refractivity contribution in [1.82, 2.24) is 15.3 Å². The fraction of sp³-hybridized carbons (Fsp3) is 0.533. The molecule has 2 N–H and O–H groups in total. The number of imidazole rings is 1. The average Bonchev–Trinajstić information content (AvgIpc) is 2.94. The maximum absolute atomic E-state index is 5.92. The lowest BCUT2D eigenvalue weighted by atomic mass is 10.1. The first-order valence-corrected chi connectivity index (χ1v) is 7.23. The molecule has 6 nitrogen and oxygen atoms in total. The number of methoxy groups -OCH3 is 2. The second-order valence-electron chi connectivity index (χ2n) is 5.17. The highest BCUT2D eigenvalue weighted by Crippen LogP contribution is 2.31. The summed E-state index contributed by atoms with van der Waals surface area (Å²) in [6.07, 6.45) is 2.44. The highest BCUT2D eigenvalue weighted by Gasteiger charge is 2.15. The minimum atomic E-state index is 0.323. The van der Waals surface area contributed by atoms with Crippen LogP contribution in [0.15, 0.2) is 12.1 Å². The monoisotopic (exact) mass is 291 g/mol. The standard InChI is InChI=1S/C15H21N3O3/c1-19-13-7-11-12(8-14(13)20-2)18-15(17-11)9-21-10-3-5-16-6-4-10/h7-8,10,16H,3-6,9H2,1-2H3,(H,17,18). The van der Waals surface area contributed by atoms with Crippen molar-refractivity contribution in [3.63, 3.8) is 0 Å². The molecule has 0 radical (unpaired) electrons. The van der Waals surface area contributed by atoms with Crippen molar-refractivity contribution in [3.05, 3.63) is 18.0 Å². The van der Waals surface area contributed by atoms with Crippen molar-refractivity contribution in [2.75, 3.05) is 27.3 Å². The van der Waals surface area contributed by atoms with Crippen LogP contribution in [0, 0.1) is 0 Å². The molecule has 21 heavy (non-hydrogen) atoms. The number of nitrogens with zero attached hydrogens (tertiary/aromatic N) is 1. The summed E-state index contributed by atoms with van der Waals surface area (Å²) in [5.41, 5.74) is 1.79. The van der Waals surface area contributed by atoms with Gasteiger partial charge in [0, 0.05) is 12.1 Å². The zero-order chi connectivity index (χ0) is 14.7. The van der Waals surface area contributed by atoms with Gasteiger partial charge in [0.05, 0.1) is 31.4 Å². The van der Waals surface area contributed by atoms with Gasteiger partial charge in [-0.1, -0.05) is 0 Å². The second-order valence-corrected chi connectivity index (χ2v) is 5.17. The topological polar surface area (TPSA) is 68.4 Å². The van der Waals surface area contributed by atoms with E-state index in [-0.39, 0.29) is 0 Å². The van der Waals surface area contributed by atoms with Gasteiger partial charge in [0.15, 0.2) is 11.5 Å². The van der Waals surface area contributed by atoms with Crippen LogP contribution in [0.3, 0.4) is 0 Å². The number of H-pyrrole nitrogens is 1. The summed E-state index contributed by atoms with van der Waals surface area (Å²) < 4.78 is 16.5. The first-order chi connectivity index (χ1) is 10.3. The van der Waals surface area contributed by atoms with Gasteiger partial charge in [0.25, 0.3) is 0 Å². The van der Waals surface area contributed by atoms with E-state index >= 15 is 0 Å². The highest BCUT2D eigenvalue weighted by molar-refractivity contribution is 5.79. The number of aromatic nitrogens is 2. The molecule has 0 spiro atoms. The lowest BCUT2D eigenvalue weighted by Gasteiger charge is -2.22. The first kappa shape index (κ1) is 14.2. The van der Waals surface area contributed by atoms with E-state index in [9.17, 15) is 0 Å². The average molecular weight is 291 g/mol. The third-order valence-corrected chi connectivity index (χ3v) is 3.78. The SMILES string of the molecule is COc1cc2nc(COC3CCNCC3)[nH]c2cc1OC. The molecular weight excluding hydrogens is 270 g/mol. The zero-order valence-corrected chi connectivity index (χ0v) is 12.4. The van der Waals surface area contributed by atoms with E-state index in [2.05, 4.69) is 15.3 Å². The molecule has 3 rings (SSSR count). The summed E-state index contributed by atoms with van der Waals surface area (Å²) in [6.45, 7) is 2.56. The molecule has 0 atom stereocenters. The van der Waals surface area contributed by atoms with Crippen LogP contribution >= 0.6 is 0 Å². The molecular formula is C15H21N3O3. The molecule has 6 heteroatoms.